The molecule has 30 heavy (non-hydrogen) atoms. The predicted octanol–water partition coefficient (Wildman–Crippen LogP) is 3.26. The maximum Gasteiger partial charge on any atom is 0.289 e. The number of hydrogen-bond donors (Lipinski definition) is 1. The van der Waals surface area contributed by atoms with Crippen molar-refractivity contribution in [1.82, 2.24) is 24.8 Å². The van der Waals surface area contributed by atoms with Crippen molar-refractivity contribution >= 4 is 45.8 Å². The van der Waals surface area contributed by atoms with Crippen LogP contribution in [0.2, 0.25) is 5.02 Å². The van der Waals surface area contributed by atoms with Gasteiger partial charge in [-0.3, -0.25) is 10.1 Å². The summed E-state index contributed by atoms with van der Waals surface area (Å²) in [6.45, 7) is 2.07. The number of hydrogen-bond acceptors (Lipinski definition) is 9. The first-order valence-electron chi connectivity index (χ1n) is 9.52. The Morgan fingerprint density at radius 3 is 2.77 bits per heavy atom. The van der Waals surface area contributed by atoms with Crippen molar-refractivity contribution in [3.63, 3.8) is 0 Å². The van der Waals surface area contributed by atoms with Gasteiger partial charge in [-0.2, -0.15) is 0 Å². The number of nitrogens with zero attached hydrogens (tertiary/aromatic N) is 7. The summed E-state index contributed by atoms with van der Waals surface area (Å²) in [5.41, 5.74) is 1.42. The zero-order valence-electron chi connectivity index (χ0n) is 16.6. The zero-order valence-corrected chi connectivity index (χ0v) is 17.4. The molecular weight excluding hydrogens is 408 g/mol. The standard InChI is InChI=1S/C19H21ClN8O2/c1-26-7-5-13(6-8-26)27(2)19-21-10-15-17(25-19)18(23-11-22-15)24-12-3-4-14(20)16(9-12)28(29)30/h3-4,9-11,13H,5-8H2,1-2H3,(H,22,23,24). The van der Waals surface area contributed by atoms with Gasteiger partial charge in [0, 0.05) is 24.8 Å². The Bertz CT molecular complexity index is 1090. The maximum absolute atomic E-state index is 11.2. The molecule has 1 saturated heterocycles. The second-order valence-corrected chi connectivity index (χ2v) is 7.73. The van der Waals surface area contributed by atoms with Gasteiger partial charge in [0.15, 0.2) is 5.82 Å². The number of fused-ring (bicyclic) bond motifs is 1. The quantitative estimate of drug-likeness (QED) is 0.483. The smallest absolute Gasteiger partial charge is 0.289 e. The van der Waals surface area contributed by atoms with Crippen molar-refractivity contribution in [2.24, 2.45) is 0 Å². The molecule has 0 bridgehead atoms. The summed E-state index contributed by atoms with van der Waals surface area (Å²) in [5, 5.41) is 14.3. The molecule has 0 unspecified atom stereocenters. The van der Waals surface area contributed by atoms with Crippen LogP contribution in [0.5, 0.6) is 0 Å². The van der Waals surface area contributed by atoms with Crippen LogP contribution >= 0.6 is 11.6 Å². The molecule has 10 nitrogen and oxygen atoms in total. The van der Waals surface area contributed by atoms with E-state index in [2.05, 4.69) is 37.1 Å². The summed E-state index contributed by atoms with van der Waals surface area (Å²) >= 11 is 5.90. The number of anilines is 3. The van der Waals surface area contributed by atoms with E-state index in [0.29, 0.717) is 34.5 Å². The van der Waals surface area contributed by atoms with Crippen molar-refractivity contribution in [3.8, 4) is 0 Å². The number of nitrogens with one attached hydrogen (secondary N) is 1. The highest BCUT2D eigenvalue weighted by Crippen LogP contribution is 2.30. The van der Waals surface area contributed by atoms with E-state index in [1.165, 1.54) is 18.5 Å². The highest BCUT2D eigenvalue weighted by atomic mass is 35.5. The van der Waals surface area contributed by atoms with Crippen LogP contribution in [-0.2, 0) is 0 Å². The zero-order chi connectivity index (χ0) is 21.3. The lowest BCUT2D eigenvalue weighted by Gasteiger charge is -2.35. The summed E-state index contributed by atoms with van der Waals surface area (Å²) < 4.78 is 0. The first-order valence-corrected chi connectivity index (χ1v) is 9.90. The lowest BCUT2D eigenvalue weighted by atomic mass is 10.0. The summed E-state index contributed by atoms with van der Waals surface area (Å²) in [6, 6.07) is 4.84. The average molecular weight is 429 g/mol. The normalized spacial score (nSPS) is 15.3. The third kappa shape index (κ3) is 4.10. The second-order valence-electron chi connectivity index (χ2n) is 7.32. The molecule has 4 rings (SSSR count). The first-order chi connectivity index (χ1) is 14.4. The van der Waals surface area contributed by atoms with Gasteiger partial charge in [0.2, 0.25) is 5.95 Å². The number of nitro benzene ring substituents is 1. The summed E-state index contributed by atoms with van der Waals surface area (Å²) in [5.74, 6) is 1.04. The molecule has 3 heterocycles. The molecule has 3 aromatic rings. The Kier molecular flexibility index (Phi) is 5.60. The van der Waals surface area contributed by atoms with Crippen LogP contribution in [0, 0.1) is 10.1 Å². The molecule has 1 fully saturated rings. The topological polar surface area (TPSA) is 113 Å². The second kappa shape index (κ2) is 8.33. The van der Waals surface area contributed by atoms with Gasteiger partial charge in [0.25, 0.3) is 5.69 Å². The van der Waals surface area contributed by atoms with Crippen LogP contribution in [0.3, 0.4) is 0 Å². The fourth-order valence-corrected chi connectivity index (χ4v) is 3.71. The Morgan fingerprint density at radius 2 is 2.03 bits per heavy atom. The third-order valence-corrected chi connectivity index (χ3v) is 5.64. The van der Waals surface area contributed by atoms with Gasteiger partial charge >= 0.3 is 0 Å². The summed E-state index contributed by atoms with van der Waals surface area (Å²) in [4.78, 5) is 32.7. The Labute approximate surface area is 178 Å². The molecule has 0 radical (unpaired) electrons. The number of likely N-dealkylation sites (tertiary alicyclic amines) is 1. The summed E-state index contributed by atoms with van der Waals surface area (Å²) in [7, 11) is 4.12. The minimum absolute atomic E-state index is 0.0717. The molecule has 0 amide bonds. The fraction of sp³-hybridized carbons (Fsp3) is 0.368. The van der Waals surface area contributed by atoms with E-state index in [9.17, 15) is 10.1 Å². The van der Waals surface area contributed by atoms with Crippen LogP contribution in [0.4, 0.5) is 23.1 Å². The van der Waals surface area contributed by atoms with Crippen molar-refractivity contribution in [2.45, 2.75) is 18.9 Å². The number of benzene rings is 1. The van der Waals surface area contributed by atoms with Gasteiger partial charge in [0.1, 0.15) is 22.4 Å². The van der Waals surface area contributed by atoms with E-state index in [1.807, 2.05) is 7.05 Å². The fourth-order valence-electron chi connectivity index (χ4n) is 3.52. The van der Waals surface area contributed by atoms with Crippen LogP contribution < -0.4 is 10.2 Å². The van der Waals surface area contributed by atoms with Gasteiger partial charge in [-0.15, -0.1) is 0 Å². The molecule has 1 aliphatic heterocycles. The SMILES string of the molecule is CN1CCC(N(C)c2ncc3ncnc(Nc4ccc(Cl)c([N+](=O)[O-])c4)c3n2)CC1. The van der Waals surface area contributed by atoms with Crippen LogP contribution in [0.15, 0.2) is 30.7 Å². The Balaban J connectivity index is 1.65. The summed E-state index contributed by atoms with van der Waals surface area (Å²) in [6.07, 6.45) is 5.15. The highest BCUT2D eigenvalue weighted by Gasteiger charge is 2.23. The monoisotopic (exact) mass is 428 g/mol. The predicted molar refractivity (Wildman–Crippen MR) is 115 cm³/mol. The lowest BCUT2D eigenvalue weighted by molar-refractivity contribution is -0.384. The highest BCUT2D eigenvalue weighted by molar-refractivity contribution is 6.32. The van der Waals surface area contributed by atoms with Gasteiger partial charge in [-0.25, -0.2) is 19.9 Å². The first kappa shape index (κ1) is 20.2. The molecule has 0 spiro atoms. The molecule has 156 valence electrons. The van der Waals surface area contributed by atoms with Gasteiger partial charge in [0.05, 0.1) is 11.1 Å². The van der Waals surface area contributed by atoms with Crippen LogP contribution in [-0.4, -0.2) is 63.0 Å². The van der Waals surface area contributed by atoms with E-state index < -0.39 is 4.92 Å². The molecule has 1 aromatic carbocycles. The van der Waals surface area contributed by atoms with E-state index >= 15 is 0 Å². The number of rotatable bonds is 5. The molecule has 0 saturated carbocycles. The van der Waals surface area contributed by atoms with Gasteiger partial charge < -0.3 is 15.1 Å². The van der Waals surface area contributed by atoms with Gasteiger partial charge in [-0.05, 0) is 45.1 Å². The van der Waals surface area contributed by atoms with E-state index in [-0.39, 0.29) is 10.7 Å². The Hall–Kier alpha value is -3.11. The largest absolute Gasteiger partial charge is 0.341 e. The number of piperidine rings is 1. The molecule has 1 aliphatic rings. The molecular formula is C19H21ClN8O2. The van der Waals surface area contributed by atoms with Crippen LogP contribution in [0.25, 0.3) is 11.0 Å². The third-order valence-electron chi connectivity index (χ3n) is 5.32. The molecule has 0 atom stereocenters. The van der Waals surface area contributed by atoms with Crippen molar-refractivity contribution < 1.29 is 4.92 Å². The maximum atomic E-state index is 11.2. The average Bonchev–Trinajstić information content (AvgIpc) is 2.75. The minimum atomic E-state index is -0.525. The molecule has 0 aliphatic carbocycles. The van der Waals surface area contributed by atoms with Crippen LogP contribution in [0.1, 0.15) is 12.8 Å². The number of nitro groups is 1. The van der Waals surface area contributed by atoms with Crippen molar-refractivity contribution in [3.05, 3.63) is 45.9 Å². The van der Waals surface area contributed by atoms with Crippen molar-refractivity contribution in [1.29, 1.82) is 0 Å². The number of aromatic nitrogens is 4. The van der Waals surface area contributed by atoms with Crippen molar-refractivity contribution in [2.75, 3.05) is 37.4 Å². The van der Waals surface area contributed by atoms with E-state index in [4.69, 9.17) is 16.6 Å². The molecule has 11 heteroatoms. The van der Waals surface area contributed by atoms with E-state index in [0.717, 1.165) is 25.9 Å². The lowest BCUT2D eigenvalue weighted by Crippen LogP contribution is -2.42. The van der Waals surface area contributed by atoms with E-state index in [1.54, 1.807) is 12.3 Å². The molecule has 2 aromatic heterocycles. The van der Waals surface area contributed by atoms with Gasteiger partial charge in [-0.1, -0.05) is 11.6 Å². The minimum Gasteiger partial charge on any atom is -0.341 e. The molecule has 1 N–H and O–H groups in total. The Morgan fingerprint density at radius 1 is 1.27 bits per heavy atom. The number of halogens is 1.